The van der Waals surface area contributed by atoms with Crippen molar-refractivity contribution in [3.05, 3.63) is 35.9 Å². The summed E-state index contributed by atoms with van der Waals surface area (Å²) in [6.07, 6.45) is 1.06. The van der Waals surface area contributed by atoms with E-state index in [1.165, 1.54) is 0 Å². The molecule has 0 fully saturated rings. The van der Waals surface area contributed by atoms with Crippen LogP contribution in [-0.2, 0) is 15.2 Å². The highest BCUT2D eigenvalue weighted by Gasteiger charge is 2.34. The third-order valence-electron chi connectivity index (χ3n) is 2.83. The zero-order valence-corrected chi connectivity index (χ0v) is 9.01. The van der Waals surface area contributed by atoms with Crippen molar-refractivity contribution in [1.82, 2.24) is 0 Å². The van der Waals surface area contributed by atoms with Crippen LogP contribution in [0.5, 0.6) is 0 Å². The Morgan fingerprint density at radius 3 is 2.62 bits per heavy atom. The van der Waals surface area contributed by atoms with Crippen molar-refractivity contribution in [3.8, 4) is 0 Å². The Kier molecular flexibility index (Phi) is 2.64. The lowest BCUT2D eigenvalue weighted by molar-refractivity contribution is -0.130. The first-order valence-electron chi connectivity index (χ1n) is 5.16. The SMILES string of the molecule is CC1(c2ccccc2)CCC(C(=O)O)=NO1. The normalized spacial score (nSPS) is 24.4. The van der Waals surface area contributed by atoms with Gasteiger partial charge in [-0.2, -0.15) is 0 Å². The molecule has 0 saturated carbocycles. The lowest BCUT2D eigenvalue weighted by Gasteiger charge is -2.30. The molecule has 4 nitrogen and oxygen atoms in total. The highest BCUT2D eigenvalue weighted by atomic mass is 16.7. The quantitative estimate of drug-likeness (QED) is 0.829. The van der Waals surface area contributed by atoms with E-state index in [4.69, 9.17) is 9.94 Å². The van der Waals surface area contributed by atoms with Gasteiger partial charge < -0.3 is 9.94 Å². The first-order chi connectivity index (χ1) is 7.62. The van der Waals surface area contributed by atoms with Crippen LogP contribution in [0, 0.1) is 0 Å². The molecule has 1 atom stereocenters. The molecule has 1 aliphatic rings. The molecule has 0 spiro atoms. The van der Waals surface area contributed by atoms with Gasteiger partial charge in [-0.3, -0.25) is 0 Å². The molecule has 0 bridgehead atoms. The summed E-state index contributed by atoms with van der Waals surface area (Å²) in [6.45, 7) is 1.92. The average molecular weight is 219 g/mol. The Hall–Kier alpha value is -1.84. The van der Waals surface area contributed by atoms with Gasteiger partial charge in [-0.15, -0.1) is 0 Å². The molecule has 4 heteroatoms. The van der Waals surface area contributed by atoms with Crippen LogP contribution in [0.2, 0.25) is 0 Å². The first kappa shape index (κ1) is 10.7. The van der Waals surface area contributed by atoms with E-state index in [0.717, 1.165) is 5.56 Å². The third kappa shape index (κ3) is 1.91. The standard InChI is InChI=1S/C12H13NO3/c1-12(9-5-3-2-4-6-9)8-7-10(11(14)15)13-16-12/h2-6H,7-8H2,1H3,(H,14,15). The summed E-state index contributed by atoms with van der Waals surface area (Å²) in [5, 5.41) is 12.4. The molecule has 1 aromatic rings. The molecule has 1 unspecified atom stereocenters. The number of aliphatic carboxylic acids is 1. The Morgan fingerprint density at radius 2 is 2.12 bits per heavy atom. The van der Waals surface area contributed by atoms with Crippen LogP contribution in [-0.4, -0.2) is 16.8 Å². The van der Waals surface area contributed by atoms with E-state index < -0.39 is 11.6 Å². The van der Waals surface area contributed by atoms with Crippen molar-refractivity contribution in [2.45, 2.75) is 25.4 Å². The van der Waals surface area contributed by atoms with Crippen LogP contribution >= 0.6 is 0 Å². The highest BCUT2D eigenvalue weighted by Crippen LogP contribution is 2.33. The molecule has 1 aromatic carbocycles. The zero-order chi connectivity index (χ0) is 11.6. The van der Waals surface area contributed by atoms with E-state index in [2.05, 4.69) is 5.16 Å². The molecule has 1 heterocycles. The Labute approximate surface area is 93.5 Å². The predicted molar refractivity (Wildman–Crippen MR) is 59.2 cm³/mol. The number of carboxylic acids is 1. The minimum atomic E-state index is -1.00. The fourth-order valence-corrected chi connectivity index (χ4v) is 1.74. The molecule has 2 rings (SSSR count). The number of carboxylic acid groups (broad SMARTS) is 1. The molecule has 0 amide bonds. The van der Waals surface area contributed by atoms with Gasteiger partial charge >= 0.3 is 5.97 Å². The molecular weight excluding hydrogens is 206 g/mol. The minimum Gasteiger partial charge on any atom is -0.477 e. The van der Waals surface area contributed by atoms with Crippen LogP contribution in [0.3, 0.4) is 0 Å². The van der Waals surface area contributed by atoms with Gasteiger partial charge in [0.25, 0.3) is 0 Å². The molecule has 0 radical (unpaired) electrons. The predicted octanol–water partition coefficient (Wildman–Crippen LogP) is 2.15. The molecular formula is C12H13NO3. The maximum absolute atomic E-state index is 10.7. The summed E-state index contributed by atoms with van der Waals surface area (Å²) in [5.41, 5.74) is 0.594. The zero-order valence-electron chi connectivity index (χ0n) is 9.01. The van der Waals surface area contributed by atoms with Crippen molar-refractivity contribution in [3.63, 3.8) is 0 Å². The van der Waals surface area contributed by atoms with Crippen LogP contribution in [0.25, 0.3) is 0 Å². The number of oxime groups is 1. The maximum Gasteiger partial charge on any atom is 0.353 e. The van der Waals surface area contributed by atoms with Gasteiger partial charge in [-0.1, -0.05) is 35.5 Å². The lowest BCUT2D eigenvalue weighted by atomic mass is 9.89. The fourth-order valence-electron chi connectivity index (χ4n) is 1.74. The van der Waals surface area contributed by atoms with Crippen molar-refractivity contribution >= 4 is 11.7 Å². The fraction of sp³-hybridized carbons (Fsp3) is 0.333. The second-order valence-corrected chi connectivity index (χ2v) is 4.03. The van der Waals surface area contributed by atoms with Crippen molar-refractivity contribution < 1.29 is 14.7 Å². The van der Waals surface area contributed by atoms with E-state index in [1.54, 1.807) is 0 Å². The summed E-state index contributed by atoms with van der Waals surface area (Å²) in [7, 11) is 0. The monoisotopic (exact) mass is 219 g/mol. The second-order valence-electron chi connectivity index (χ2n) is 4.03. The summed E-state index contributed by atoms with van der Waals surface area (Å²) in [5.74, 6) is -1.00. The number of hydrogen-bond acceptors (Lipinski definition) is 3. The van der Waals surface area contributed by atoms with Gasteiger partial charge in [-0.25, -0.2) is 4.79 Å². The molecule has 0 aliphatic carbocycles. The van der Waals surface area contributed by atoms with Crippen molar-refractivity contribution in [1.29, 1.82) is 0 Å². The maximum atomic E-state index is 10.7. The van der Waals surface area contributed by atoms with Crippen molar-refractivity contribution in [2.24, 2.45) is 5.16 Å². The molecule has 0 saturated heterocycles. The van der Waals surface area contributed by atoms with E-state index >= 15 is 0 Å². The van der Waals surface area contributed by atoms with Crippen LogP contribution in [0.15, 0.2) is 35.5 Å². The molecule has 16 heavy (non-hydrogen) atoms. The second kappa shape index (κ2) is 3.96. The van der Waals surface area contributed by atoms with E-state index in [9.17, 15) is 4.79 Å². The van der Waals surface area contributed by atoms with E-state index in [1.807, 2.05) is 37.3 Å². The van der Waals surface area contributed by atoms with Gasteiger partial charge in [0, 0.05) is 6.42 Å². The number of benzene rings is 1. The number of rotatable bonds is 2. The Balaban J connectivity index is 2.22. The van der Waals surface area contributed by atoms with Gasteiger partial charge in [0.1, 0.15) is 0 Å². The Morgan fingerprint density at radius 1 is 1.44 bits per heavy atom. The molecule has 1 aliphatic heterocycles. The highest BCUT2D eigenvalue weighted by molar-refractivity contribution is 6.35. The number of hydrogen-bond donors (Lipinski definition) is 1. The molecule has 0 aromatic heterocycles. The van der Waals surface area contributed by atoms with Crippen LogP contribution < -0.4 is 0 Å². The average Bonchev–Trinajstić information content (AvgIpc) is 2.31. The summed E-state index contributed by atoms with van der Waals surface area (Å²) >= 11 is 0. The molecule has 84 valence electrons. The van der Waals surface area contributed by atoms with Crippen LogP contribution in [0.4, 0.5) is 0 Å². The Bertz CT molecular complexity index is 427. The van der Waals surface area contributed by atoms with E-state index in [0.29, 0.717) is 12.8 Å². The molecule has 1 N–H and O–H groups in total. The minimum absolute atomic E-state index is 0.0911. The van der Waals surface area contributed by atoms with Crippen LogP contribution in [0.1, 0.15) is 25.3 Å². The summed E-state index contributed by atoms with van der Waals surface area (Å²) in [6, 6.07) is 9.71. The summed E-state index contributed by atoms with van der Waals surface area (Å²) in [4.78, 5) is 16.0. The smallest absolute Gasteiger partial charge is 0.353 e. The van der Waals surface area contributed by atoms with E-state index in [-0.39, 0.29) is 5.71 Å². The van der Waals surface area contributed by atoms with Gasteiger partial charge in [0.15, 0.2) is 11.3 Å². The topological polar surface area (TPSA) is 58.9 Å². The number of carbonyl (C=O) groups is 1. The van der Waals surface area contributed by atoms with Crippen molar-refractivity contribution in [2.75, 3.05) is 0 Å². The van der Waals surface area contributed by atoms with Gasteiger partial charge in [-0.05, 0) is 18.9 Å². The number of nitrogens with zero attached hydrogens (tertiary/aromatic N) is 1. The summed E-state index contributed by atoms with van der Waals surface area (Å²) < 4.78 is 0. The van der Waals surface area contributed by atoms with Gasteiger partial charge in [0.2, 0.25) is 0 Å². The third-order valence-corrected chi connectivity index (χ3v) is 2.83. The van der Waals surface area contributed by atoms with Gasteiger partial charge in [0.05, 0.1) is 0 Å². The largest absolute Gasteiger partial charge is 0.477 e. The first-order valence-corrected chi connectivity index (χ1v) is 5.16. The lowest BCUT2D eigenvalue weighted by Crippen LogP contribution is -2.31.